The lowest BCUT2D eigenvalue weighted by molar-refractivity contribution is 0.0178. The molecule has 2 fully saturated rings. The van der Waals surface area contributed by atoms with Gasteiger partial charge in [0.05, 0.1) is 4.90 Å². The average molecular weight is 466 g/mol. The molecule has 0 atom stereocenters. The van der Waals surface area contributed by atoms with Gasteiger partial charge in [-0.3, -0.25) is 0 Å². The summed E-state index contributed by atoms with van der Waals surface area (Å²) in [6.45, 7) is 12.4. The molecule has 0 radical (unpaired) electrons. The van der Waals surface area contributed by atoms with Crippen molar-refractivity contribution in [2.75, 3.05) is 57.0 Å². The molecule has 7 nitrogen and oxygen atoms in total. The number of sulfone groups is 1. The summed E-state index contributed by atoms with van der Waals surface area (Å²) in [5, 5.41) is 0. The molecule has 0 aliphatic carbocycles. The van der Waals surface area contributed by atoms with Gasteiger partial charge in [0.1, 0.15) is 5.60 Å². The number of hydrogen-bond acceptors (Lipinski definition) is 6. The number of anilines is 1. The molecule has 1 aromatic rings. The molecule has 3 rings (SSSR count). The summed E-state index contributed by atoms with van der Waals surface area (Å²) >= 11 is 0. The van der Waals surface area contributed by atoms with Crippen molar-refractivity contribution in [1.82, 2.24) is 9.80 Å². The van der Waals surface area contributed by atoms with Crippen LogP contribution in [-0.2, 0) is 14.6 Å². The van der Waals surface area contributed by atoms with Gasteiger partial charge in [0, 0.05) is 44.7 Å². The predicted molar refractivity (Wildman–Crippen MR) is 128 cm³/mol. The summed E-state index contributed by atoms with van der Waals surface area (Å²) in [6.07, 6.45) is 5.43. The van der Waals surface area contributed by atoms with E-state index in [0.29, 0.717) is 10.8 Å². The van der Waals surface area contributed by atoms with E-state index in [9.17, 15) is 13.2 Å². The largest absolute Gasteiger partial charge is 0.444 e. The van der Waals surface area contributed by atoms with Crippen molar-refractivity contribution < 1.29 is 17.9 Å². The number of ether oxygens (including phenoxy) is 1. The third kappa shape index (κ3) is 7.37. The Morgan fingerprint density at radius 3 is 2.25 bits per heavy atom. The Balaban J connectivity index is 1.41. The van der Waals surface area contributed by atoms with Crippen molar-refractivity contribution in [2.24, 2.45) is 5.92 Å². The smallest absolute Gasteiger partial charge is 0.410 e. The molecule has 0 N–H and O–H groups in total. The van der Waals surface area contributed by atoms with Crippen LogP contribution in [0.15, 0.2) is 29.2 Å². The number of hydrogen-bond donors (Lipinski definition) is 0. The molecule has 0 aromatic heterocycles. The van der Waals surface area contributed by atoms with Crippen LogP contribution >= 0.6 is 0 Å². The minimum atomic E-state index is -3.16. The monoisotopic (exact) mass is 465 g/mol. The number of likely N-dealkylation sites (tertiary alicyclic amines) is 1. The first-order valence-electron chi connectivity index (χ1n) is 11.8. The third-order valence-corrected chi connectivity index (χ3v) is 7.47. The number of rotatable bonds is 5. The van der Waals surface area contributed by atoms with Crippen LogP contribution in [0.3, 0.4) is 0 Å². The van der Waals surface area contributed by atoms with Gasteiger partial charge >= 0.3 is 6.09 Å². The van der Waals surface area contributed by atoms with E-state index in [0.717, 1.165) is 70.8 Å². The minimum absolute atomic E-state index is 0.187. The van der Waals surface area contributed by atoms with Crippen LogP contribution in [0.2, 0.25) is 0 Å². The zero-order valence-electron chi connectivity index (χ0n) is 20.0. The van der Waals surface area contributed by atoms with Gasteiger partial charge in [0.25, 0.3) is 0 Å². The number of nitrogens with zero attached hydrogens (tertiary/aromatic N) is 3. The Kier molecular flexibility index (Phi) is 8.09. The fourth-order valence-electron chi connectivity index (χ4n) is 4.45. The summed E-state index contributed by atoms with van der Waals surface area (Å²) < 4.78 is 28.9. The molecule has 0 saturated carbocycles. The summed E-state index contributed by atoms with van der Waals surface area (Å²) in [5.41, 5.74) is 0.651. The second kappa shape index (κ2) is 10.4. The first-order valence-corrected chi connectivity index (χ1v) is 13.7. The second-order valence-corrected chi connectivity index (χ2v) is 12.2. The van der Waals surface area contributed by atoms with Crippen LogP contribution in [0.5, 0.6) is 0 Å². The zero-order valence-corrected chi connectivity index (χ0v) is 20.9. The SMILES string of the molecule is CC(C)(C)OC(=O)N1CCC(CCN2CCCN(c3ccc(S(C)(=O)=O)cc3)CC2)CC1. The zero-order chi connectivity index (χ0) is 23.4. The molecule has 0 spiro atoms. The fraction of sp³-hybridized carbons (Fsp3) is 0.708. The minimum Gasteiger partial charge on any atom is -0.444 e. The van der Waals surface area contributed by atoms with Crippen molar-refractivity contribution in [3.63, 3.8) is 0 Å². The standard InChI is InChI=1S/C24H39N3O4S/c1-24(2,3)31-23(28)27-16-11-20(12-17-27)10-15-25-13-5-14-26(19-18-25)21-6-8-22(9-7-21)32(4,29)30/h6-9,20H,5,10-19H2,1-4H3. The highest BCUT2D eigenvalue weighted by Crippen LogP contribution is 2.24. The highest BCUT2D eigenvalue weighted by atomic mass is 32.2. The van der Waals surface area contributed by atoms with Crippen LogP contribution in [0, 0.1) is 5.92 Å². The van der Waals surface area contributed by atoms with Gasteiger partial charge in [-0.2, -0.15) is 0 Å². The average Bonchev–Trinajstić information content (AvgIpc) is 2.96. The molecule has 0 unspecified atom stereocenters. The number of carbonyl (C=O) groups is 1. The lowest BCUT2D eigenvalue weighted by atomic mass is 9.93. The first kappa shape index (κ1) is 24.8. The maximum atomic E-state index is 12.2. The Labute approximate surface area is 193 Å². The number of piperidine rings is 1. The molecular formula is C24H39N3O4S. The number of benzene rings is 1. The maximum Gasteiger partial charge on any atom is 0.410 e. The Bertz CT molecular complexity index is 856. The van der Waals surface area contributed by atoms with E-state index in [1.807, 2.05) is 37.8 Å². The highest BCUT2D eigenvalue weighted by Gasteiger charge is 2.27. The van der Waals surface area contributed by atoms with E-state index in [4.69, 9.17) is 4.74 Å². The van der Waals surface area contributed by atoms with Crippen LogP contribution in [0.1, 0.15) is 46.5 Å². The summed E-state index contributed by atoms with van der Waals surface area (Å²) in [7, 11) is -3.16. The fourth-order valence-corrected chi connectivity index (χ4v) is 5.08. The Hall–Kier alpha value is -1.80. The molecule has 2 aliphatic rings. The van der Waals surface area contributed by atoms with Crippen molar-refractivity contribution in [2.45, 2.75) is 57.0 Å². The van der Waals surface area contributed by atoms with Gasteiger partial charge in [0.15, 0.2) is 9.84 Å². The van der Waals surface area contributed by atoms with Crippen LogP contribution < -0.4 is 4.90 Å². The van der Waals surface area contributed by atoms with Crippen LogP contribution in [0.4, 0.5) is 10.5 Å². The van der Waals surface area contributed by atoms with Crippen molar-refractivity contribution in [3.05, 3.63) is 24.3 Å². The normalized spacial score (nSPS) is 19.6. The summed E-state index contributed by atoms with van der Waals surface area (Å²) in [6, 6.07) is 7.25. The first-order chi connectivity index (χ1) is 15.0. The molecule has 2 aliphatic heterocycles. The summed E-state index contributed by atoms with van der Waals surface area (Å²) in [4.78, 5) is 19.4. The van der Waals surface area contributed by atoms with E-state index >= 15 is 0 Å². The quantitative estimate of drug-likeness (QED) is 0.661. The van der Waals surface area contributed by atoms with Gasteiger partial charge in [-0.1, -0.05) is 0 Å². The van der Waals surface area contributed by atoms with E-state index in [2.05, 4.69) is 9.80 Å². The molecule has 180 valence electrons. The molecule has 0 bridgehead atoms. The topological polar surface area (TPSA) is 70.2 Å². The van der Waals surface area contributed by atoms with Crippen molar-refractivity contribution >= 4 is 21.6 Å². The molecule has 32 heavy (non-hydrogen) atoms. The van der Waals surface area contributed by atoms with Crippen molar-refractivity contribution in [1.29, 1.82) is 0 Å². The van der Waals surface area contributed by atoms with Gasteiger partial charge in [-0.15, -0.1) is 0 Å². The van der Waals surface area contributed by atoms with Crippen LogP contribution in [-0.4, -0.2) is 82.0 Å². The lowest BCUT2D eigenvalue weighted by Crippen LogP contribution is -2.42. The second-order valence-electron chi connectivity index (χ2n) is 10.1. The molecule has 2 saturated heterocycles. The van der Waals surface area contributed by atoms with Gasteiger partial charge < -0.3 is 19.4 Å². The van der Waals surface area contributed by atoms with Gasteiger partial charge in [0.2, 0.25) is 0 Å². The molecule has 2 heterocycles. The van der Waals surface area contributed by atoms with E-state index in [-0.39, 0.29) is 6.09 Å². The van der Waals surface area contributed by atoms with Crippen LogP contribution in [0.25, 0.3) is 0 Å². The van der Waals surface area contributed by atoms with E-state index in [1.165, 1.54) is 12.7 Å². The van der Waals surface area contributed by atoms with Gasteiger partial charge in [-0.05, 0) is 89.7 Å². The lowest BCUT2D eigenvalue weighted by Gasteiger charge is -2.34. The molecule has 8 heteroatoms. The van der Waals surface area contributed by atoms with Gasteiger partial charge in [-0.25, -0.2) is 13.2 Å². The third-order valence-electron chi connectivity index (χ3n) is 6.34. The number of amides is 1. The Morgan fingerprint density at radius 2 is 1.66 bits per heavy atom. The molecular weight excluding hydrogens is 426 g/mol. The van der Waals surface area contributed by atoms with Crippen molar-refractivity contribution in [3.8, 4) is 0 Å². The predicted octanol–water partition coefficient (Wildman–Crippen LogP) is 3.64. The highest BCUT2D eigenvalue weighted by molar-refractivity contribution is 7.90. The summed E-state index contributed by atoms with van der Waals surface area (Å²) in [5.74, 6) is 0.664. The molecule has 1 aromatic carbocycles. The molecule has 1 amide bonds. The Morgan fingerprint density at radius 1 is 1.00 bits per heavy atom. The van der Waals surface area contributed by atoms with E-state index in [1.54, 1.807) is 12.1 Å². The maximum absolute atomic E-state index is 12.2. The number of carbonyl (C=O) groups excluding carboxylic acids is 1. The van der Waals surface area contributed by atoms with E-state index < -0.39 is 15.4 Å².